The van der Waals surface area contributed by atoms with Gasteiger partial charge in [0, 0.05) is 25.8 Å². The number of carbonyl (C=O) groups is 1. The second-order valence-electron chi connectivity index (χ2n) is 4.89. The van der Waals surface area contributed by atoms with E-state index in [9.17, 15) is 4.79 Å². The molecule has 1 unspecified atom stereocenters. The van der Waals surface area contributed by atoms with E-state index in [2.05, 4.69) is 15.4 Å². The molecule has 0 saturated heterocycles. The molecule has 21 heavy (non-hydrogen) atoms. The molecule has 116 valence electrons. The van der Waals surface area contributed by atoms with Crippen molar-refractivity contribution >= 4 is 17.4 Å². The van der Waals surface area contributed by atoms with E-state index in [0.29, 0.717) is 13.0 Å². The number of carbonyl (C=O) groups excluding carboxylic acids is 1. The lowest BCUT2D eigenvalue weighted by Crippen LogP contribution is -2.39. The van der Waals surface area contributed by atoms with Crippen LogP contribution in [0.1, 0.15) is 19.8 Å². The monoisotopic (exact) mass is 292 g/mol. The number of anilines is 1. The number of oxime groups is 1. The van der Waals surface area contributed by atoms with Gasteiger partial charge in [-0.25, -0.2) is 0 Å². The number of hydrogen-bond acceptors (Lipinski definition) is 4. The van der Waals surface area contributed by atoms with Gasteiger partial charge in [-0.1, -0.05) is 30.3 Å². The molecule has 4 N–H and O–H groups in total. The maximum atomic E-state index is 11.9. The Balaban J connectivity index is 2.32. The first-order valence-electron chi connectivity index (χ1n) is 7.11. The van der Waals surface area contributed by atoms with Crippen molar-refractivity contribution in [2.45, 2.75) is 19.8 Å². The van der Waals surface area contributed by atoms with Crippen LogP contribution < -0.4 is 16.0 Å². The SMILES string of the molecule is CCC(C(=O)NCCCN(C)c1ccccc1)C(N)=NO. The van der Waals surface area contributed by atoms with Crippen molar-refractivity contribution in [3.8, 4) is 0 Å². The lowest BCUT2D eigenvalue weighted by atomic mass is 10.0. The van der Waals surface area contributed by atoms with E-state index in [1.807, 2.05) is 44.3 Å². The molecule has 0 aliphatic carbocycles. The predicted octanol–water partition coefficient (Wildman–Crippen LogP) is 1.40. The van der Waals surface area contributed by atoms with Gasteiger partial charge in [0.2, 0.25) is 5.91 Å². The van der Waals surface area contributed by atoms with Gasteiger partial charge in [0.25, 0.3) is 0 Å². The summed E-state index contributed by atoms with van der Waals surface area (Å²) >= 11 is 0. The van der Waals surface area contributed by atoms with E-state index in [1.54, 1.807) is 0 Å². The average molecular weight is 292 g/mol. The average Bonchev–Trinajstić information content (AvgIpc) is 2.52. The molecule has 0 fully saturated rings. The van der Waals surface area contributed by atoms with Crippen LogP contribution in [0, 0.1) is 5.92 Å². The normalized spacial score (nSPS) is 12.8. The minimum atomic E-state index is -0.568. The summed E-state index contributed by atoms with van der Waals surface area (Å²) < 4.78 is 0. The van der Waals surface area contributed by atoms with Crippen LogP contribution in [0.2, 0.25) is 0 Å². The third-order valence-corrected chi connectivity index (χ3v) is 3.36. The zero-order chi connectivity index (χ0) is 15.7. The largest absolute Gasteiger partial charge is 0.409 e. The Labute approximate surface area is 125 Å². The van der Waals surface area contributed by atoms with Gasteiger partial charge in [-0.2, -0.15) is 0 Å². The topological polar surface area (TPSA) is 91.0 Å². The number of amidine groups is 1. The van der Waals surface area contributed by atoms with Gasteiger partial charge >= 0.3 is 0 Å². The first-order chi connectivity index (χ1) is 10.1. The highest BCUT2D eigenvalue weighted by molar-refractivity contribution is 6.01. The molecule has 1 rings (SSSR count). The van der Waals surface area contributed by atoms with Crippen LogP contribution in [-0.4, -0.2) is 37.1 Å². The summed E-state index contributed by atoms with van der Waals surface area (Å²) in [5.74, 6) is -0.812. The maximum Gasteiger partial charge on any atom is 0.230 e. The second-order valence-corrected chi connectivity index (χ2v) is 4.89. The van der Waals surface area contributed by atoms with Crippen molar-refractivity contribution < 1.29 is 10.0 Å². The minimum absolute atomic E-state index is 0.0450. The van der Waals surface area contributed by atoms with E-state index < -0.39 is 5.92 Å². The quantitative estimate of drug-likeness (QED) is 0.222. The van der Waals surface area contributed by atoms with Crippen LogP contribution in [0.15, 0.2) is 35.5 Å². The Morgan fingerprint density at radius 1 is 1.43 bits per heavy atom. The van der Waals surface area contributed by atoms with Crippen LogP contribution in [0.3, 0.4) is 0 Å². The van der Waals surface area contributed by atoms with Gasteiger partial charge in [0.15, 0.2) is 5.84 Å². The van der Waals surface area contributed by atoms with Gasteiger partial charge in [0.1, 0.15) is 0 Å². The van der Waals surface area contributed by atoms with Crippen LogP contribution in [0.5, 0.6) is 0 Å². The van der Waals surface area contributed by atoms with E-state index in [-0.39, 0.29) is 11.7 Å². The lowest BCUT2D eigenvalue weighted by Gasteiger charge is -2.19. The summed E-state index contributed by atoms with van der Waals surface area (Å²) in [7, 11) is 2.02. The molecule has 0 radical (unpaired) electrons. The number of nitrogens with two attached hydrogens (primary N) is 1. The minimum Gasteiger partial charge on any atom is -0.409 e. The lowest BCUT2D eigenvalue weighted by molar-refractivity contribution is -0.123. The standard InChI is InChI=1S/C15H24N4O2/c1-3-13(14(16)18-21)15(20)17-10-7-11-19(2)12-8-5-4-6-9-12/h4-6,8-9,13,21H,3,7,10-11H2,1-2H3,(H2,16,18)(H,17,20). The van der Waals surface area contributed by atoms with Crippen LogP contribution in [0.25, 0.3) is 0 Å². The first-order valence-corrected chi connectivity index (χ1v) is 7.11. The summed E-state index contributed by atoms with van der Waals surface area (Å²) in [6, 6.07) is 10.1. The number of hydrogen-bond donors (Lipinski definition) is 3. The number of nitrogens with zero attached hydrogens (tertiary/aromatic N) is 2. The highest BCUT2D eigenvalue weighted by Crippen LogP contribution is 2.10. The number of nitrogens with one attached hydrogen (secondary N) is 1. The first kappa shape index (κ1) is 16.8. The van der Waals surface area contributed by atoms with E-state index in [4.69, 9.17) is 10.9 Å². The number of para-hydroxylation sites is 1. The second kappa shape index (κ2) is 8.84. The smallest absolute Gasteiger partial charge is 0.230 e. The highest BCUT2D eigenvalue weighted by Gasteiger charge is 2.20. The van der Waals surface area contributed by atoms with Crippen molar-refractivity contribution in [1.29, 1.82) is 0 Å². The van der Waals surface area contributed by atoms with Gasteiger partial charge in [-0.3, -0.25) is 4.79 Å². The number of amides is 1. The molecule has 0 spiro atoms. The molecule has 0 aliphatic heterocycles. The fourth-order valence-electron chi connectivity index (χ4n) is 2.06. The molecule has 1 amide bonds. The van der Waals surface area contributed by atoms with Crippen molar-refractivity contribution in [2.75, 3.05) is 25.0 Å². The molecule has 1 atom stereocenters. The number of rotatable bonds is 8. The van der Waals surface area contributed by atoms with Crippen molar-refractivity contribution in [3.05, 3.63) is 30.3 Å². The molecule has 6 heteroatoms. The van der Waals surface area contributed by atoms with Gasteiger partial charge in [-0.05, 0) is 25.0 Å². The molecular weight excluding hydrogens is 268 g/mol. The third kappa shape index (κ3) is 5.33. The predicted molar refractivity (Wildman–Crippen MR) is 84.5 cm³/mol. The highest BCUT2D eigenvalue weighted by atomic mass is 16.4. The van der Waals surface area contributed by atoms with Gasteiger partial charge < -0.3 is 21.2 Å². The van der Waals surface area contributed by atoms with Crippen LogP contribution in [-0.2, 0) is 4.79 Å². The summed E-state index contributed by atoms with van der Waals surface area (Å²) in [5, 5.41) is 14.4. The molecule has 0 bridgehead atoms. The molecule has 0 aliphatic rings. The molecule has 1 aromatic carbocycles. The Hall–Kier alpha value is -2.24. The van der Waals surface area contributed by atoms with Crippen molar-refractivity contribution in [2.24, 2.45) is 16.8 Å². The summed E-state index contributed by atoms with van der Waals surface area (Å²) in [6.45, 7) is 3.22. The van der Waals surface area contributed by atoms with Gasteiger partial charge in [0.05, 0.1) is 5.92 Å². The molecule has 0 aromatic heterocycles. The molecule has 0 heterocycles. The Morgan fingerprint density at radius 2 is 2.10 bits per heavy atom. The van der Waals surface area contributed by atoms with Crippen LogP contribution >= 0.6 is 0 Å². The van der Waals surface area contributed by atoms with Crippen LogP contribution in [0.4, 0.5) is 5.69 Å². The Bertz CT molecular complexity index is 462. The van der Waals surface area contributed by atoms with Gasteiger partial charge in [-0.15, -0.1) is 0 Å². The van der Waals surface area contributed by atoms with E-state index in [0.717, 1.165) is 18.7 Å². The van der Waals surface area contributed by atoms with Crippen molar-refractivity contribution in [1.82, 2.24) is 5.32 Å². The van der Waals surface area contributed by atoms with E-state index in [1.165, 1.54) is 0 Å². The summed E-state index contributed by atoms with van der Waals surface area (Å²) in [4.78, 5) is 14.0. The Kier molecular flexibility index (Phi) is 7.08. The molecule has 1 aromatic rings. The number of benzene rings is 1. The fourth-order valence-corrected chi connectivity index (χ4v) is 2.06. The van der Waals surface area contributed by atoms with E-state index >= 15 is 0 Å². The molecular formula is C15H24N4O2. The summed E-state index contributed by atoms with van der Waals surface area (Å²) in [6.07, 6.45) is 1.33. The third-order valence-electron chi connectivity index (χ3n) is 3.36. The zero-order valence-corrected chi connectivity index (χ0v) is 12.6. The van der Waals surface area contributed by atoms with Crippen molar-refractivity contribution in [3.63, 3.8) is 0 Å². The molecule has 6 nitrogen and oxygen atoms in total. The maximum absolute atomic E-state index is 11.9. The molecule has 0 saturated carbocycles. The fraction of sp³-hybridized carbons (Fsp3) is 0.467. The zero-order valence-electron chi connectivity index (χ0n) is 12.6. The summed E-state index contributed by atoms with van der Waals surface area (Å²) in [5.41, 5.74) is 6.63. The Morgan fingerprint density at radius 3 is 2.67 bits per heavy atom.